The van der Waals surface area contributed by atoms with Gasteiger partial charge in [-0.25, -0.2) is 4.39 Å². The van der Waals surface area contributed by atoms with Gasteiger partial charge in [0, 0.05) is 23.8 Å². The standard InChI is InChI=1S/C14H18FN3/c1-3-14(11-4-6-13(15)7-5-11)18-10(2)12-8-16-17-9-12/h4-10,14,18H,3H2,1-2H3,(H,16,17). The van der Waals surface area contributed by atoms with Gasteiger partial charge in [0.15, 0.2) is 0 Å². The smallest absolute Gasteiger partial charge is 0.123 e. The van der Waals surface area contributed by atoms with Gasteiger partial charge in [0.25, 0.3) is 0 Å². The molecular weight excluding hydrogens is 229 g/mol. The summed E-state index contributed by atoms with van der Waals surface area (Å²) in [6.07, 6.45) is 4.65. The molecule has 0 spiro atoms. The van der Waals surface area contributed by atoms with E-state index in [9.17, 15) is 4.39 Å². The largest absolute Gasteiger partial charge is 0.303 e. The van der Waals surface area contributed by atoms with Gasteiger partial charge in [-0.05, 0) is 31.0 Å². The van der Waals surface area contributed by atoms with Crippen LogP contribution in [0.25, 0.3) is 0 Å². The first-order valence-electron chi connectivity index (χ1n) is 6.21. The lowest BCUT2D eigenvalue weighted by Crippen LogP contribution is -2.24. The van der Waals surface area contributed by atoms with E-state index < -0.39 is 0 Å². The first-order chi connectivity index (χ1) is 8.70. The molecule has 0 saturated carbocycles. The van der Waals surface area contributed by atoms with E-state index in [4.69, 9.17) is 0 Å². The number of benzene rings is 1. The molecule has 2 atom stereocenters. The highest BCUT2D eigenvalue weighted by molar-refractivity contribution is 5.20. The molecule has 0 bridgehead atoms. The van der Waals surface area contributed by atoms with E-state index >= 15 is 0 Å². The van der Waals surface area contributed by atoms with Crippen LogP contribution in [0.2, 0.25) is 0 Å². The lowest BCUT2D eigenvalue weighted by atomic mass is 10.0. The molecule has 2 unspecified atom stereocenters. The van der Waals surface area contributed by atoms with E-state index in [-0.39, 0.29) is 17.9 Å². The second-order valence-electron chi connectivity index (χ2n) is 4.43. The highest BCUT2D eigenvalue weighted by Crippen LogP contribution is 2.21. The minimum Gasteiger partial charge on any atom is -0.303 e. The molecular formula is C14H18FN3. The highest BCUT2D eigenvalue weighted by Gasteiger charge is 2.14. The quantitative estimate of drug-likeness (QED) is 0.850. The van der Waals surface area contributed by atoms with Crippen LogP contribution in [0, 0.1) is 5.82 Å². The van der Waals surface area contributed by atoms with Gasteiger partial charge >= 0.3 is 0 Å². The minimum absolute atomic E-state index is 0.198. The Morgan fingerprint density at radius 1 is 1.28 bits per heavy atom. The SMILES string of the molecule is CCC(NC(C)c1cn[nH]c1)c1ccc(F)cc1. The van der Waals surface area contributed by atoms with Crippen LogP contribution in [0.15, 0.2) is 36.7 Å². The number of hydrogen-bond donors (Lipinski definition) is 2. The molecule has 2 rings (SSSR count). The molecule has 0 amide bonds. The van der Waals surface area contributed by atoms with Crippen LogP contribution in [0.4, 0.5) is 4.39 Å². The van der Waals surface area contributed by atoms with Gasteiger partial charge in [0.05, 0.1) is 6.20 Å². The maximum atomic E-state index is 12.9. The molecule has 0 aliphatic heterocycles. The maximum Gasteiger partial charge on any atom is 0.123 e. The third-order valence-corrected chi connectivity index (χ3v) is 3.15. The van der Waals surface area contributed by atoms with E-state index in [1.165, 1.54) is 12.1 Å². The summed E-state index contributed by atoms with van der Waals surface area (Å²) in [5, 5.41) is 10.3. The number of aromatic amines is 1. The fourth-order valence-electron chi connectivity index (χ4n) is 2.04. The van der Waals surface area contributed by atoms with E-state index in [0.29, 0.717) is 0 Å². The van der Waals surface area contributed by atoms with Gasteiger partial charge in [0.1, 0.15) is 5.82 Å². The zero-order valence-electron chi connectivity index (χ0n) is 10.7. The summed E-state index contributed by atoms with van der Waals surface area (Å²) < 4.78 is 12.9. The van der Waals surface area contributed by atoms with Crippen molar-refractivity contribution in [2.24, 2.45) is 0 Å². The van der Waals surface area contributed by atoms with E-state index in [1.807, 2.05) is 24.5 Å². The number of halogens is 1. The van der Waals surface area contributed by atoms with Crippen LogP contribution >= 0.6 is 0 Å². The van der Waals surface area contributed by atoms with Gasteiger partial charge in [-0.2, -0.15) is 5.10 Å². The van der Waals surface area contributed by atoms with Crippen LogP contribution in [0.3, 0.4) is 0 Å². The van der Waals surface area contributed by atoms with Crippen molar-refractivity contribution in [3.05, 3.63) is 53.6 Å². The van der Waals surface area contributed by atoms with Crippen molar-refractivity contribution in [2.45, 2.75) is 32.4 Å². The second-order valence-corrected chi connectivity index (χ2v) is 4.43. The Labute approximate surface area is 106 Å². The summed E-state index contributed by atoms with van der Waals surface area (Å²) >= 11 is 0. The zero-order chi connectivity index (χ0) is 13.0. The van der Waals surface area contributed by atoms with E-state index in [1.54, 1.807) is 0 Å². The van der Waals surface area contributed by atoms with Gasteiger partial charge in [0.2, 0.25) is 0 Å². The van der Waals surface area contributed by atoms with Crippen LogP contribution in [0.5, 0.6) is 0 Å². The molecule has 1 heterocycles. The number of rotatable bonds is 5. The molecule has 1 aromatic carbocycles. The Kier molecular flexibility index (Phi) is 4.10. The average molecular weight is 247 g/mol. The predicted octanol–water partition coefficient (Wildman–Crippen LogP) is 3.35. The van der Waals surface area contributed by atoms with Crippen molar-refractivity contribution in [2.75, 3.05) is 0 Å². The van der Waals surface area contributed by atoms with Crippen LogP contribution in [-0.4, -0.2) is 10.2 Å². The minimum atomic E-state index is -0.198. The van der Waals surface area contributed by atoms with E-state index in [2.05, 4.69) is 29.4 Å². The molecule has 0 radical (unpaired) electrons. The Morgan fingerprint density at radius 2 is 2.00 bits per heavy atom. The first-order valence-corrected chi connectivity index (χ1v) is 6.21. The number of nitrogens with zero attached hydrogens (tertiary/aromatic N) is 1. The summed E-state index contributed by atoms with van der Waals surface area (Å²) in [6, 6.07) is 7.09. The van der Waals surface area contributed by atoms with Crippen molar-refractivity contribution in [1.29, 1.82) is 0 Å². The highest BCUT2D eigenvalue weighted by atomic mass is 19.1. The molecule has 0 saturated heterocycles. The van der Waals surface area contributed by atoms with Crippen molar-refractivity contribution < 1.29 is 4.39 Å². The Hall–Kier alpha value is -1.68. The van der Waals surface area contributed by atoms with Crippen molar-refractivity contribution >= 4 is 0 Å². The molecule has 18 heavy (non-hydrogen) atoms. The molecule has 2 aromatic rings. The van der Waals surface area contributed by atoms with Crippen molar-refractivity contribution in [1.82, 2.24) is 15.5 Å². The fraction of sp³-hybridized carbons (Fsp3) is 0.357. The predicted molar refractivity (Wildman–Crippen MR) is 69.6 cm³/mol. The molecule has 0 fully saturated rings. The molecule has 96 valence electrons. The molecule has 0 aliphatic rings. The number of aromatic nitrogens is 2. The molecule has 0 aliphatic carbocycles. The topological polar surface area (TPSA) is 40.7 Å². The van der Waals surface area contributed by atoms with Gasteiger partial charge in [-0.3, -0.25) is 5.10 Å². The number of H-pyrrole nitrogens is 1. The third-order valence-electron chi connectivity index (χ3n) is 3.15. The van der Waals surface area contributed by atoms with Gasteiger partial charge in [-0.1, -0.05) is 19.1 Å². The van der Waals surface area contributed by atoms with E-state index in [0.717, 1.165) is 17.5 Å². The normalized spacial score (nSPS) is 14.4. The second kappa shape index (κ2) is 5.78. The maximum absolute atomic E-state index is 12.9. The first kappa shape index (κ1) is 12.8. The summed E-state index contributed by atoms with van der Waals surface area (Å²) in [6.45, 7) is 4.21. The van der Waals surface area contributed by atoms with Gasteiger partial charge < -0.3 is 5.32 Å². The summed E-state index contributed by atoms with van der Waals surface area (Å²) in [5.41, 5.74) is 2.23. The Bertz CT molecular complexity index is 464. The summed E-state index contributed by atoms with van der Waals surface area (Å²) in [4.78, 5) is 0. The average Bonchev–Trinajstić information content (AvgIpc) is 2.91. The monoisotopic (exact) mass is 247 g/mol. The Balaban J connectivity index is 2.07. The summed E-state index contributed by atoms with van der Waals surface area (Å²) in [5.74, 6) is -0.198. The van der Waals surface area contributed by atoms with Crippen LogP contribution < -0.4 is 5.32 Å². The molecule has 2 N–H and O–H groups in total. The van der Waals surface area contributed by atoms with Crippen molar-refractivity contribution in [3.8, 4) is 0 Å². The van der Waals surface area contributed by atoms with Crippen LogP contribution in [0.1, 0.15) is 43.5 Å². The molecule has 3 nitrogen and oxygen atoms in total. The molecule has 4 heteroatoms. The summed E-state index contributed by atoms with van der Waals surface area (Å²) in [7, 11) is 0. The number of nitrogens with one attached hydrogen (secondary N) is 2. The zero-order valence-corrected chi connectivity index (χ0v) is 10.7. The number of hydrogen-bond acceptors (Lipinski definition) is 2. The van der Waals surface area contributed by atoms with Crippen molar-refractivity contribution in [3.63, 3.8) is 0 Å². The van der Waals surface area contributed by atoms with Gasteiger partial charge in [-0.15, -0.1) is 0 Å². The lowest BCUT2D eigenvalue weighted by molar-refractivity contribution is 0.456. The van der Waals surface area contributed by atoms with Crippen LogP contribution in [-0.2, 0) is 0 Å². The third kappa shape index (κ3) is 2.96. The lowest BCUT2D eigenvalue weighted by Gasteiger charge is -2.22. The Morgan fingerprint density at radius 3 is 2.56 bits per heavy atom. The fourth-order valence-corrected chi connectivity index (χ4v) is 2.04. The molecule has 1 aromatic heterocycles.